The van der Waals surface area contributed by atoms with Gasteiger partial charge in [-0.1, -0.05) is 0 Å². The number of nitrogens with one attached hydrogen (secondary N) is 1. The lowest BCUT2D eigenvalue weighted by Crippen LogP contribution is -2.35. The van der Waals surface area contributed by atoms with Crippen LogP contribution in [0.2, 0.25) is 0 Å². The van der Waals surface area contributed by atoms with Crippen molar-refractivity contribution in [1.82, 2.24) is 5.43 Å². The van der Waals surface area contributed by atoms with E-state index >= 15 is 0 Å². The van der Waals surface area contributed by atoms with Gasteiger partial charge in [0, 0.05) is 5.71 Å². The van der Waals surface area contributed by atoms with Crippen molar-refractivity contribution >= 4 is 23.0 Å². The molecule has 2 fully saturated rings. The van der Waals surface area contributed by atoms with E-state index in [-0.39, 0.29) is 11.2 Å². The Hall–Kier alpha value is -0.680. The molecule has 2 aliphatic rings. The summed E-state index contributed by atoms with van der Waals surface area (Å²) in [6, 6.07) is 0. The molecule has 0 unspecified atom stereocenters. The van der Waals surface area contributed by atoms with E-state index in [1.54, 1.807) is 0 Å². The summed E-state index contributed by atoms with van der Waals surface area (Å²) >= 11 is 4.76. The van der Waals surface area contributed by atoms with Gasteiger partial charge in [-0.3, -0.25) is 5.43 Å². The molecule has 2 aliphatic carbocycles. The van der Waals surface area contributed by atoms with Crippen molar-refractivity contribution in [3.05, 3.63) is 0 Å². The monoisotopic (exact) mass is 283 g/mol. The molecule has 0 aromatic rings. The van der Waals surface area contributed by atoms with Crippen LogP contribution in [0.3, 0.4) is 0 Å². The molecule has 0 aromatic carbocycles. The molecule has 108 valence electrons. The summed E-state index contributed by atoms with van der Waals surface area (Å²) in [5, 5.41) is 14.1. The summed E-state index contributed by atoms with van der Waals surface area (Å²) in [7, 11) is 0. The molecule has 4 nitrogen and oxygen atoms in total. The molecule has 0 aromatic heterocycles. The fourth-order valence-corrected chi connectivity index (χ4v) is 3.64. The van der Waals surface area contributed by atoms with Crippen molar-refractivity contribution in [2.75, 3.05) is 0 Å². The Labute approximate surface area is 120 Å². The predicted molar refractivity (Wildman–Crippen MR) is 81.9 cm³/mol. The van der Waals surface area contributed by atoms with Crippen LogP contribution in [0.1, 0.15) is 58.3 Å². The average Bonchev–Trinajstić information content (AvgIpc) is 2.40. The van der Waals surface area contributed by atoms with Crippen LogP contribution in [-0.2, 0) is 0 Å². The Morgan fingerprint density at radius 2 is 1.74 bits per heavy atom. The average molecular weight is 283 g/mol. The van der Waals surface area contributed by atoms with E-state index in [9.17, 15) is 5.11 Å². The molecule has 0 radical (unpaired) electrons. The maximum atomic E-state index is 9.63. The molecular weight excluding hydrogens is 258 g/mol. The van der Waals surface area contributed by atoms with E-state index < -0.39 is 0 Å². The zero-order chi connectivity index (χ0) is 13.9. The number of hydrogen-bond acceptors (Lipinski definition) is 3. The fraction of sp³-hybridized carbons (Fsp3) is 0.857. The van der Waals surface area contributed by atoms with Gasteiger partial charge in [0.15, 0.2) is 5.11 Å². The highest BCUT2D eigenvalue weighted by molar-refractivity contribution is 7.80. The molecule has 0 amide bonds. The minimum Gasteiger partial charge on any atom is -0.393 e. The minimum atomic E-state index is -0.0542. The molecule has 5 heteroatoms. The lowest BCUT2D eigenvalue weighted by molar-refractivity contribution is 0.0350. The molecule has 2 rings (SSSR count). The maximum Gasteiger partial charge on any atom is 0.184 e. The van der Waals surface area contributed by atoms with Gasteiger partial charge in [0.2, 0.25) is 0 Å². The normalized spacial score (nSPS) is 36.2. The second-order valence-electron chi connectivity index (χ2n) is 6.23. The van der Waals surface area contributed by atoms with E-state index in [1.807, 2.05) is 0 Å². The number of rotatable bonds is 2. The lowest BCUT2D eigenvalue weighted by Gasteiger charge is -2.44. The molecule has 0 atom stereocenters. The van der Waals surface area contributed by atoms with Crippen molar-refractivity contribution in [2.45, 2.75) is 64.4 Å². The standard InChI is InChI=1S/C14H25N3OS/c1-10(16-17-13(15)19)11-2-6-14(7-3-11)8-4-12(18)5-9-14/h11-12,18H,2-9H2,1H3,(H3,15,17,19)/b16-10-. The SMILES string of the molecule is C/C(=N/NC(N)=S)C1CCC2(CCC(O)CC2)CC1. The Morgan fingerprint density at radius 1 is 1.21 bits per heavy atom. The molecule has 0 saturated heterocycles. The van der Waals surface area contributed by atoms with Crippen LogP contribution in [0.25, 0.3) is 0 Å². The second kappa shape index (κ2) is 6.18. The van der Waals surface area contributed by atoms with Gasteiger partial charge in [-0.2, -0.15) is 5.10 Å². The third-order valence-corrected chi connectivity index (χ3v) is 5.09. The first-order valence-corrected chi connectivity index (χ1v) is 7.69. The summed E-state index contributed by atoms with van der Waals surface area (Å²) in [4.78, 5) is 0. The highest BCUT2D eigenvalue weighted by Gasteiger charge is 2.38. The largest absolute Gasteiger partial charge is 0.393 e. The van der Waals surface area contributed by atoms with Crippen LogP contribution < -0.4 is 11.2 Å². The molecule has 19 heavy (non-hydrogen) atoms. The van der Waals surface area contributed by atoms with Crippen LogP contribution in [0.15, 0.2) is 5.10 Å². The number of hydrazone groups is 1. The molecule has 1 spiro atoms. The van der Waals surface area contributed by atoms with Gasteiger partial charge in [-0.15, -0.1) is 0 Å². The Bertz CT molecular complexity index is 352. The number of aliphatic hydroxyl groups is 1. The number of thiocarbonyl (C=S) groups is 1. The first kappa shape index (κ1) is 14.7. The van der Waals surface area contributed by atoms with Crippen LogP contribution in [0, 0.1) is 11.3 Å². The third kappa shape index (κ3) is 3.89. The molecule has 0 heterocycles. The second-order valence-corrected chi connectivity index (χ2v) is 6.67. The number of nitrogens with two attached hydrogens (primary N) is 1. The van der Waals surface area contributed by atoms with Gasteiger partial charge < -0.3 is 10.8 Å². The maximum absolute atomic E-state index is 9.63. The van der Waals surface area contributed by atoms with Crippen LogP contribution in [0.4, 0.5) is 0 Å². The summed E-state index contributed by atoms with van der Waals surface area (Å²) < 4.78 is 0. The Morgan fingerprint density at radius 3 is 2.26 bits per heavy atom. The number of hydrogen-bond donors (Lipinski definition) is 3. The summed E-state index contributed by atoms with van der Waals surface area (Å²) in [6.45, 7) is 2.05. The highest BCUT2D eigenvalue weighted by Crippen LogP contribution is 2.49. The highest BCUT2D eigenvalue weighted by atomic mass is 32.1. The van der Waals surface area contributed by atoms with Crippen LogP contribution >= 0.6 is 12.2 Å². The predicted octanol–water partition coefficient (Wildman–Crippen LogP) is 2.31. The van der Waals surface area contributed by atoms with Crippen molar-refractivity contribution in [2.24, 2.45) is 22.2 Å². The van der Waals surface area contributed by atoms with Crippen LogP contribution in [0.5, 0.6) is 0 Å². The van der Waals surface area contributed by atoms with Gasteiger partial charge in [0.25, 0.3) is 0 Å². The van der Waals surface area contributed by atoms with Crippen LogP contribution in [-0.4, -0.2) is 22.0 Å². The van der Waals surface area contributed by atoms with E-state index in [4.69, 9.17) is 18.0 Å². The third-order valence-electron chi connectivity index (χ3n) is 5.00. The van der Waals surface area contributed by atoms with Gasteiger partial charge in [0.05, 0.1) is 6.10 Å². The van der Waals surface area contributed by atoms with E-state index in [0.29, 0.717) is 11.3 Å². The van der Waals surface area contributed by atoms with Crippen molar-refractivity contribution in [1.29, 1.82) is 0 Å². The molecule has 4 N–H and O–H groups in total. The molecule has 0 bridgehead atoms. The zero-order valence-corrected chi connectivity index (χ0v) is 12.5. The van der Waals surface area contributed by atoms with Crippen molar-refractivity contribution in [3.63, 3.8) is 0 Å². The van der Waals surface area contributed by atoms with Crippen molar-refractivity contribution in [3.8, 4) is 0 Å². The van der Waals surface area contributed by atoms with E-state index in [0.717, 1.165) is 18.6 Å². The Balaban J connectivity index is 1.85. The fourth-order valence-electron chi connectivity index (χ4n) is 3.60. The topological polar surface area (TPSA) is 70.6 Å². The summed E-state index contributed by atoms with van der Waals surface area (Å²) in [6.07, 6.45) is 9.25. The van der Waals surface area contributed by atoms with E-state index in [1.165, 1.54) is 38.5 Å². The first-order chi connectivity index (χ1) is 9.01. The van der Waals surface area contributed by atoms with Gasteiger partial charge in [-0.25, -0.2) is 0 Å². The quantitative estimate of drug-likeness (QED) is 0.413. The minimum absolute atomic E-state index is 0.0542. The molecular formula is C14H25N3OS. The summed E-state index contributed by atoms with van der Waals surface area (Å²) in [5.41, 5.74) is 9.68. The number of aliphatic hydroxyl groups excluding tert-OH is 1. The molecule has 0 aliphatic heterocycles. The van der Waals surface area contributed by atoms with Crippen molar-refractivity contribution < 1.29 is 5.11 Å². The molecule has 2 saturated carbocycles. The van der Waals surface area contributed by atoms with Gasteiger partial charge in [-0.05, 0) is 81.8 Å². The number of nitrogens with zero attached hydrogens (tertiary/aromatic N) is 1. The van der Waals surface area contributed by atoms with E-state index in [2.05, 4.69) is 17.5 Å². The first-order valence-electron chi connectivity index (χ1n) is 7.28. The lowest BCUT2D eigenvalue weighted by atomic mass is 9.62. The summed E-state index contributed by atoms with van der Waals surface area (Å²) in [5.74, 6) is 0.555. The zero-order valence-electron chi connectivity index (χ0n) is 11.7. The Kier molecular flexibility index (Phi) is 4.79. The smallest absolute Gasteiger partial charge is 0.184 e. The van der Waals surface area contributed by atoms with Gasteiger partial charge >= 0.3 is 0 Å². The van der Waals surface area contributed by atoms with Gasteiger partial charge in [0.1, 0.15) is 0 Å².